The van der Waals surface area contributed by atoms with Gasteiger partial charge in [-0.05, 0) is 41.0 Å². The number of aryl methyl sites for hydroxylation is 1. The third-order valence-electron chi connectivity index (χ3n) is 2.61. The fraction of sp³-hybridized carbons (Fsp3) is 0.167. The molecular weight excluding hydrogens is 174 g/mol. The van der Waals surface area contributed by atoms with Gasteiger partial charge in [0.05, 0.1) is 0 Å². The third kappa shape index (κ3) is 1.34. The standard InChI is InChI=1S/C12H13NO/c1-8-10(7-13)3-2-9-4-5-11(14)6-12(8)9/h2-6,14H,7,13H2,1H3. The van der Waals surface area contributed by atoms with E-state index < -0.39 is 0 Å². The number of benzene rings is 2. The van der Waals surface area contributed by atoms with Gasteiger partial charge >= 0.3 is 0 Å². The lowest BCUT2D eigenvalue weighted by atomic mass is 10.00. The number of phenolic OH excluding ortho intramolecular Hbond substituents is 1. The topological polar surface area (TPSA) is 46.2 Å². The van der Waals surface area contributed by atoms with E-state index in [-0.39, 0.29) is 0 Å². The molecule has 0 aliphatic heterocycles. The molecule has 2 rings (SSSR count). The van der Waals surface area contributed by atoms with Crippen LogP contribution in [-0.2, 0) is 6.54 Å². The number of phenols is 1. The summed E-state index contributed by atoms with van der Waals surface area (Å²) in [5.74, 6) is 0.301. The van der Waals surface area contributed by atoms with Crippen molar-refractivity contribution in [3.8, 4) is 5.75 Å². The van der Waals surface area contributed by atoms with Crippen LogP contribution in [0.4, 0.5) is 0 Å². The second-order valence-electron chi connectivity index (χ2n) is 3.46. The van der Waals surface area contributed by atoms with Gasteiger partial charge in [-0.3, -0.25) is 0 Å². The van der Waals surface area contributed by atoms with Crippen molar-refractivity contribution in [2.75, 3.05) is 0 Å². The molecule has 0 atom stereocenters. The molecule has 0 unspecified atom stereocenters. The molecule has 0 amide bonds. The Balaban J connectivity index is 2.79. The van der Waals surface area contributed by atoms with Crippen LogP contribution in [0.5, 0.6) is 5.75 Å². The normalized spacial score (nSPS) is 10.7. The van der Waals surface area contributed by atoms with Gasteiger partial charge in [0, 0.05) is 6.54 Å². The van der Waals surface area contributed by atoms with E-state index in [4.69, 9.17) is 5.73 Å². The SMILES string of the molecule is Cc1c(CN)ccc2ccc(O)cc12. The zero-order chi connectivity index (χ0) is 10.1. The number of nitrogens with two attached hydrogens (primary N) is 1. The molecule has 14 heavy (non-hydrogen) atoms. The molecule has 0 heterocycles. The van der Waals surface area contributed by atoms with Crippen molar-refractivity contribution in [1.29, 1.82) is 0 Å². The Hall–Kier alpha value is -1.54. The van der Waals surface area contributed by atoms with Crippen LogP contribution >= 0.6 is 0 Å². The molecule has 0 fully saturated rings. The van der Waals surface area contributed by atoms with Crippen LogP contribution in [0, 0.1) is 6.92 Å². The minimum Gasteiger partial charge on any atom is -0.508 e. The molecule has 0 spiro atoms. The number of rotatable bonds is 1. The van der Waals surface area contributed by atoms with Gasteiger partial charge in [-0.1, -0.05) is 18.2 Å². The summed E-state index contributed by atoms with van der Waals surface area (Å²) in [5.41, 5.74) is 7.90. The maximum absolute atomic E-state index is 9.39. The summed E-state index contributed by atoms with van der Waals surface area (Å²) in [6, 6.07) is 9.46. The van der Waals surface area contributed by atoms with Crippen molar-refractivity contribution in [3.05, 3.63) is 41.5 Å². The predicted molar refractivity (Wildman–Crippen MR) is 58.2 cm³/mol. The molecule has 2 aromatic carbocycles. The van der Waals surface area contributed by atoms with Crippen molar-refractivity contribution in [2.24, 2.45) is 5.73 Å². The van der Waals surface area contributed by atoms with Gasteiger partial charge < -0.3 is 10.8 Å². The van der Waals surface area contributed by atoms with Crippen LogP contribution < -0.4 is 5.73 Å². The summed E-state index contributed by atoms with van der Waals surface area (Å²) < 4.78 is 0. The molecule has 3 N–H and O–H groups in total. The number of hydrogen-bond donors (Lipinski definition) is 2. The third-order valence-corrected chi connectivity index (χ3v) is 2.61. The molecule has 72 valence electrons. The molecule has 0 saturated carbocycles. The van der Waals surface area contributed by atoms with Crippen molar-refractivity contribution in [3.63, 3.8) is 0 Å². The summed E-state index contributed by atoms with van der Waals surface area (Å²) in [6.45, 7) is 2.57. The number of aromatic hydroxyl groups is 1. The first-order valence-electron chi connectivity index (χ1n) is 4.63. The lowest BCUT2D eigenvalue weighted by molar-refractivity contribution is 0.476. The molecule has 0 aliphatic carbocycles. The van der Waals surface area contributed by atoms with Gasteiger partial charge in [0.1, 0.15) is 5.75 Å². The maximum atomic E-state index is 9.39. The van der Waals surface area contributed by atoms with Crippen LogP contribution in [0.15, 0.2) is 30.3 Å². The summed E-state index contributed by atoms with van der Waals surface area (Å²) >= 11 is 0. The van der Waals surface area contributed by atoms with Crippen molar-refractivity contribution < 1.29 is 5.11 Å². The minimum absolute atomic E-state index is 0.301. The fourth-order valence-electron chi connectivity index (χ4n) is 1.72. The number of hydrogen-bond acceptors (Lipinski definition) is 2. The fourth-order valence-corrected chi connectivity index (χ4v) is 1.72. The van der Waals surface area contributed by atoms with Crippen LogP contribution in [-0.4, -0.2) is 5.11 Å². The van der Waals surface area contributed by atoms with Gasteiger partial charge in [0.15, 0.2) is 0 Å². The highest BCUT2D eigenvalue weighted by atomic mass is 16.3. The predicted octanol–water partition coefficient (Wildman–Crippen LogP) is 2.31. The van der Waals surface area contributed by atoms with E-state index in [1.165, 1.54) is 0 Å². The lowest BCUT2D eigenvalue weighted by Crippen LogP contribution is -1.99. The molecule has 2 heteroatoms. The molecule has 0 radical (unpaired) electrons. The van der Waals surface area contributed by atoms with Gasteiger partial charge in [-0.15, -0.1) is 0 Å². The molecule has 0 bridgehead atoms. The van der Waals surface area contributed by atoms with Crippen molar-refractivity contribution >= 4 is 10.8 Å². The minimum atomic E-state index is 0.301. The Morgan fingerprint density at radius 3 is 2.64 bits per heavy atom. The highest BCUT2D eigenvalue weighted by molar-refractivity contribution is 5.87. The Morgan fingerprint density at radius 1 is 1.21 bits per heavy atom. The average Bonchev–Trinajstić information content (AvgIpc) is 2.20. The second-order valence-corrected chi connectivity index (χ2v) is 3.46. The smallest absolute Gasteiger partial charge is 0.116 e. The van der Waals surface area contributed by atoms with Gasteiger partial charge in [-0.25, -0.2) is 0 Å². The maximum Gasteiger partial charge on any atom is 0.116 e. The second kappa shape index (κ2) is 3.31. The Morgan fingerprint density at radius 2 is 1.93 bits per heavy atom. The molecule has 0 saturated heterocycles. The van der Waals surface area contributed by atoms with E-state index in [0.29, 0.717) is 12.3 Å². The first-order chi connectivity index (χ1) is 6.72. The highest BCUT2D eigenvalue weighted by Crippen LogP contribution is 2.25. The molecular formula is C12H13NO. The van der Waals surface area contributed by atoms with Crippen LogP contribution in [0.1, 0.15) is 11.1 Å². The van der Waals surface area contributed by atoms with Crippen molar-refractivity contribution in [1.82, 2.24) is 0 Å². The largest absolute Gasteiger partial charge is 0.508 e. The quantitative estimate of drug-likeness (QED) is 0.719. The molecule has 2 aromatic rings. The average molecular weight is 187 g/mol. The summed E-state index contributed by atoms with van der Waals surface area (Å²) in [6.07, 6.45) is 0. The summed E-state index contributed by atoms with van der Waals surface area (Å²) in [5, 5.41) is 11.6. The Labute approximate surface area is 83.0 Å². The van der Waals surface area contributed by atoms with E-state index in [2.05, 4.69) is 0 Å². The van der Waals surface area contributed by atoms with Crippen LogP contribution in [0.2, 0.25) is 0 Å². The first-order valence-corrected chi connectivity index (χ1v) is 4.63. The monoisotopic (exact) mass is 187 g/mol. The highest BCUT2D eigenvalue weighted by Gasteiger charge is 2.02. The zero-order valence-electron chi connectivity index (χ0n) is 8.12. The van der Waals surface area contributed by atoms with E-state index in [0.717, 1.165) is 21.9 Å². The number of fused-ring (bicyclic) bond motifs is 1. The van der Waals surface area contributed by atoms with Gasteiger partial charge in [-0.2, -0.15) is 0 Å². The summed E-state index contributed by atoms with van der Waals surface area (Å²) in [4.78, 5) is 0. The van der Waals surface area contributed by atoms with Gasteiger partial charge in [0.2, 0.25) is 0 Å². The van der Waals surface area contributed by atoms with E-state index in [9.17, 15) is 5.11 Å². The molecule has 0 aliphatic rings. The van der Waals surface area contributed by atoms with Gasteiger partial charge in [0.25, 0.3) is 0 Å². The first kappa shape index (κ1) is 9.03. The molecule has 0 aromatic heterocycles. The summed E-state index contributed by atoms with van der Waals surface area (Å²) in [7, 11) is 0. The van der Waals surface area contributed by atoms with Crippen molar-refractivity contribution in [2.45, 2.75) is 13.5 Å². The zero-order valence-corrected chi connectivity index (χ0v) is 8.12. The van der Waals surface area contributed by atoms with E-state index in [1.807, 2.05) is 25.1 Å². The lowest BCUT2D eigenvalue weighted by Gasteiger charge is -2.07. The van der Waals surface area contributed by atoms with E-state index in [1.54, 1.807) is 12.1 Å². The van der Waals surface area contributed by atoms with Crippen LogP contribution in [0.3, 0.4) is 0 Å². The Kier molecular flexibility index (Phi) is 2.14. The van der Waals surface area contributed by atoms with E-state index >= 15 is 0 Å². The molecule has 2 nitrogen and oxygen atoms in total. The Bertz CT molecular complexity index is 477. The van der Waals surface area contributed by atoms with Crippen LogP contribution in [0.25, 0.3) is 10.8 Å².